The maximum absolute atomic E-state index is 2.40. The Morgan fingerprint density at radius 1 is 1.17 bits per heavy atom. The predicted octanol–water partition coefficient (Wildman–Crippen LogP) is 3.08. The number of fused-ring (bicyclic) bond motifs is 1. The van der Waals surface area contributed by atoms with Crippen LogP contribution < -0.4 is 0 Å². The van der Waals surface area contributed by atoms with E-state index in [2.05, 4.69) is 63.7 Å². The summed E-state index contributed by atoms with van der Waals surface area (Å²) in [5.74, 6) is 0. The molecule has 0 spiro atoms. The summed E-state index contributed by atoms with van der Waals surface area (Å²) in [4.78, 5) is 0. The summed E-state index contributed by atoms with van der Waals surface area (Å²) in [6, 6.07) is 10.7. The summed E-state index contributed by atoms with van der Waals surface area (Å²) in [7, 11) is 0. The van der Waals surface area contributed by atoms with Crippen LogP contribution in [0.25, 0.3) is 10.9 Å². The maximum atomic E-state index is 2.40. The van der Waals surface area contributed by atoms with E-state index in [1.807, 2.05) is 0 Å². The molecule has 0 aliphatic carbocycles. The van der Waals surface area contributed by atoms with E-state index in [0.29, 0.717) is 0 Å². The van der Waals surface area contributed by atoms with E-state index >= 15 is 0 Å². The minimum Gasteiger partial charge on any atom is -0.347 e. The van der Waals surface area contributed by atoms with Crippen LogP contribution in [0, 0.1) is 0 Å². The molecule has 1 aromatic carbocycles. The summed E-state index contributed by atoms with van der Waals surface area (Å²) in [6.07, 6.45) is 2.16. The van der Waals surface area contributed by atoms with Gasteiger partial charge in [-0.15, -0.1) is 0 Å². The molecular formula is C10H10IN. The Bertz CT molecular complexity index is 378. The molecule has 1 heterocycles. The SMILES string of the molecule is ICCn1ccc2ccccc21. The van der Waals surface area contributed by atoms with Crippen molar-refractivity contribution in [3.63, 3.8) is 0 Å². The lowest BCUT2D eigenvalue weighted by Gasteiger charge is -2.00. The zero-order valence-corrected chi connectivity index (χ0v) is 8.86. The van der Waals surface area contributed by atoms with Gasteiger partial charge in [0.1, 0.15) is 0 Å². The van der Waals surface area contributed by atoms with Crippen LogP contribution in [0.1, 0.15) is 0 Å². The van der Waals surface area contributed by atoms with E-state index < -0.39 is 0 Å². The summed E-state index contributed by atoms with van der Waals surface area (Å²) < 4.78 is 3.46. The van der Waals surface area contributed by atoms with Gasteiger partial charge in [0.15, 0.2) is 0 Å². The third-order valence-corrected chi connectivity index (χ3v) is 2.49. The molecule has 0 saturated carbocycles. The third-order valence-electron chi connectivity index (χ3n) is 2.01. The monoisotopic (exact) mass is 271 g/mol. The lowest BCUT2D eigenvalue weighted by molar-refractivity contribution is 0.817. The summed E-state index contributed by atoms with van der Waals surface area (Å²) in [5, 5.41) is 1.34. The number of para-hydroxylation sites is 1. The van der Waals surface area contributed by atoms with Gasteiger partial charge in [-0.3, -0.25) is 0 Å². The van der Waals surface area contributed by atoms with Gasteiger partial charge in [-0.1, -0.05) is 40.8 Å². The van der Waals surface area contributed by atoms with Crippen LogP contribution in [-0.4, -0.2) is 8.99 Å². The van der Waals surface area contributed by atoms with Crippen LogP contribution in [0.5, 0.6) is 0 Å². The Kier molecular flexibility index (Phi) is 2.35. The van der Waals surface area contributed by atoms with Crippen LogP contribution in [0.15, 0.2) is 36.5 Å². The standard InChI is InChI=1S/C10H10IN/c11-6-8-12-7-5-9-3-1-2-4-10(9)12/h1-5,7H,6,8H2. The van der Waals surface area contributed by atoms with Crippen molar-refractivity contribution in [2.45, 2.75) is 6.54 Å². The smallest absolute Gasteiger partial charge is 0.0480 e. The number of benzene rings is 1. The molecule has 0 bridgehead atoms. The van der Waals surface area contributed by atoms with E-state index in [0.717, 1.165) is 11.0 Å². The Labute approximate surface area is 85.5 Å². The van der Waals surface area contributed by atoms with Gasteiger partial charge in [0.25, 0.3) is 0 Å². The van der Waals surface area contributed by atoms with Crippen molar-refractivity contribution in [1.29, 1.82) is 0 Å². The second-order valence-corrected chi connectivity index (χ2v) is 3.84. The molecule has 2 aromatic rings. The van der Waals surface area contributed by atoms with Gasteiger partial charge in [-0.2, -0.15) is 0 Å². The quantitative estimate of drug-likeness (QED) is 0.584. The first-order valence-electron chi connectivity index (χ1n) is 4.01. The number of hydrogen-bond acceptors (Lipinski definition) is 0. The van der Waals surface area contributed by atoms with Crippen molar-refractivity contribution in [3.05, 3.63) is 36.5 Å². The number of nitrogens with zero attached hydrogens (tertiary/aromatic N) is 1. The molecule has 12 heavy (non-hydrogen) atoms. The van der Waals surface area contributed by atoms with Crippen molar-refractivity contribution < 1.29 is 0 Å². The molecule has 62 valence electrons. The van der Waals surface area contributed by atoms with E-state index in [1.54, 1.807) is 0 Å². The summed E-state index contributed by atoms with van der Waals surface area (Å²) in [5.41, 5.74) is 1.34. The number of aromatic nitrogens is 1. The first-order valence-corrected chi connectivity index (χ1v) is 5.54. The van der Waals surface area contributed by atoms with Gasteiger partial charge < -0.3 is 4.57 Å². The molecular weight excluding hydrogens is 261 g/mol. The van der Waals surface area contributed by atoms with Gasteiger partial charge >= 0.3 is 0 Å². The molecule has 0 unspecified atom stereocenters. The largest absolute Gasteiger partial charge is 0.347 e. The third kappa shape index (κ3) is 1.35. The summed E-state index contributed by atoms with van der Waals surface area (Å²) in [6.45, 7) is 1.11. The average Bonchev–Trinajstić information content (AvgIpc) is 2.50. The highest BCUT2D eigenvalue weighted by atomic mass is 127. The minimum absolute atomic E-state index is 1.11. The van der Waals surface area contributed by atoms with E-state index in [4.69, 9.17) is 0 Å². The lowest BCUT2D eigenvalue weighted by Crippen LogP contribution is -1.95. The van der Waals surface area contributed by atoms with Crippen molar-refractivity contribution in [1.82, 2.24) is 4.57 Å². The van der Waals surface area contributed by atoms with Crippen LogP contribution in [-0.2, 0) is 6.54 Å². The van der Waals surface area contributed by atoms with Crippen molar-refractivity contribution in [3.8, 4) is 0 Å². The zero-order valence-electron chi connectivity index (χ0n) is 6.70. The predicted molar refractivity (Wildman–Crippen MR) is 60.8 cm³/mol. The van der Waals surface area contributed by atoms with E-state index in [1.165, 1.54) is 10.9 Å². The molecule has 2 heteroatoms. The number of rotatable bonds is 2. The molecule has 0 aliphatic rings. The molecule has 1 aromatic heterocycles. The topological polar surface area (TPSA) is 4.93 Å². The molecule has 0 radical (unpaired) electrons. The van der Waals surface area contributed by atoms with Gasteiger partial charge in [-0.05, 0) is 17.5 Å². The highest BCUT2D eigenvalue weighted by molar-refractivity contribution is 14.1. The molecule has 0 saturated heterocycles. The van der Waals surface area contributed by atoms with Gasteiger partial charge in [0, 0.05) is 22.7 Å². The van der Waals surface area contributed by atoms with Crippen LogP contribution >= 0.6 is 22.6 Å². The highest BCUT2D eigenvalue weighted by Crippen LogP contribution is 2.14. The van der Waals surface area contributed by atoms with E-state index in [-0.39, 0.29) is 0 Å². The lowest BCUT2D eigenvalue weighted by atomic mass is 10.2. The number of halogens is 1. The number of hydrogen-bond donors (Lipinski definition) is 0. The Hall–Kier alpha value is -0.510. The van der Waals surface area contributed by atoms with Crippen molar-refractivity contribution in [2.75, 3.05) is 4.43 Å². The average molecular weight is 271 g/mol. The van der Waals surface area contributed by atoms with Gasteiger partial charge in [0.2, 0.25) is 0 Å². The number of aryl methyl sites for hydroxylation is 1. The summed E-state index contributed by atoms with van der Waals surface area (Å²) >= 11 is 2.40. The fraction of sp³-hybridized carbons (Fsp3) is 0.200. The molecule has 0 atom stereocenters. The van der Waals surface area contributed by atoms with Crippen LogP contribution in [0.2, 0.25) is 0 Å². The molecule has 1 nitrogen and oxygen atoms in total. The molecule has 0 fully saturated rings. The first-order chi connectivity index (χ1) is 5.92. The van der Waals surface area contributed by atoms with Crippen LogP contribution in [0.3, 0.4) is 0 Å². The molecule has 2 rings (SSSR count). The molecule has 0 amide bonds. The second kappa shape index (κ2) is 3.47. The minimum atomic E-state index is 1.11. The Balaban J connectivity index is 2.55. The van der Waals surface area contributed by atoms with Crippen molar-refractivity contribution >= 4 is 33.5 Å². The van der Waals surface area contributed by atoms with Gasteiger partial charge in [0.05, 0.1) is 0 Å². The normalized spacial score (nSPS) is 10.8. The fourth-order valence-corrected chi connectivity index (χ4v) is 1.95. The maximum Gasteiger partial charge on any atom is 0.0480 e. The van der Waals surface area contributed by atoms with Crippen LogP contribution in [0.4, 0.5) is 0 Å². The zero-order chi connectivity index (χ0) is 8.39. The number of alkyl halides is 1. The molecule has 0 aliphatic heterocycles. The fourth-order valence-electron chi connectivity index (χ4n) is 1.43. The Morgan fingerprint density at radius 3 is 2.83 bits per heavy atom. The second-order valence-electron chi connectivity index (χ2n) is 2.76. The van der Waals surface area contributed by atoms with Crippen molar-refractivity contribution in [2.24, 2.45) is 0 Å². The van der Waals surface area contributed by atoms with E-state index in [9.17, 15) is 0 Å². The van der Waals surface area contributed by atoms with Gasteiger partial charge in [-0.25, -0.2) is 0 Å². The Morgan fingerprint density at radius 2 is 2.00 bits per heavy atom. The highest BCUT2D eigenvalue weighted by Gasteiger charge is 1.96. The first kappa shape index (κ1) is 8.10. The molecule has 0 N–H and O–H groups in total.